The summed E-state index contributed by atoms with van der Waals surface area (Å²) in [6.45, 7) is 2.22. The largest absolute Gasteiger partial charge is 0.496 e. The Morgan fingerprint density at radius 3 is 2.15 bits per heavy atom. The molecule has 3 rings (SSSR count). The first-order valence-corrected chi connectivity index (χ1v) is 9.83. The Morgan fingerprint density at radius 1 is 0.852 bits per heavy atom. The van der Waals surface area contributed by atoms with Crippen LogP contribution < -0.4 is 14.2 Å². The minimum atomic E-state index is 0.644. The minimum Gasteiger partial charge on any atom is -0.496 e. The SMILES string of the molecule is CCCCc1ccc(-c2cc(-c3cc(OC)c(OC)cc3OC)sn2)cc1. The highest BCUT2D eigenvalue weighted by Crippen LogP contribution is 2.42. The van der Waals surface area contributed by atoms with E-state index in [1.807, 2.05) is 12.1 Å². The lowest BCUT2D eigenvalue weighted by Crippen LogP contribution is -1.94. The topological polar surface area (TPSA) is 40.6 Å². The average molecular weight is 384 g/mol. The Morgan fingerprint density at radius 2 is 1.52 bits per heavy atom. The van der Waals surface area contributed by atoms with E-state index in [0.717, 1.165) is 33.9 Å². The van der Waals surface area contributed by atoms with Gasteiger partial charge in [-0.2, -0.15) is 4.37 Å². The van der Waals surface area contributed by atoms with Gasteiger partial charge in [0.2, 0.25) is 0 Å². The molecule has 0 aliphatic carbocycles. The standard InChI is InChI=1S/C22H25NO3S/c1-5-6-7-15-8-10-16(11-9-15)18-13-22(27-23-18)17-12-20(25-3)21(26-4)14-19(17)24-2/h8-14H,5-7H2,1-4H3. The molecule has 0 saturated carbocycles. The molecule has 0 amide bonds. The van der Waals surface area contributed by atoms with Crippen LogP contribution in [-0.4, -0.2) is 25.7 Å². The quantitative estimate of drug-likeness (QED) is 0.489. The number of aromatic nitrogens is 1. The summed E-state index contributed by atoms with van der Waals surface area (Å²) >= 11 is 1.45. The first-order chi connectivity index (χ1) is 13.2. The molecule has 0 spiro atoms. The molecule has 5 heteroatoms. The zero-order chi connectivity index (χ0) is 19.2. The molecule has 0 unspecified atom stereocenters. The summed E-state index contributed by atoms with van der Waals surface area (Å²) in [6.07, 6.45) is 3.56. The maximum absolute atomic E-state index is 5.55. The fourth-order valence-corrected chi connectivity index (χ4v) is 3.76. The molecule has 27 heavy (non-hydrogen) atoms. The van der Waals surface area contributed by atoms with Crippen LogP contribution in [0.5, 0.6) is 17.2 Å². The number of aryl methyl sites for hydroxylation is 1. The molecule has 0 bridgehead atoms. The molecule has 2 aromatic carbocycles. The van der Waals surface area contributed by atoms with Crippen LogP contribution in [0, 0.1) is 0 Å². The van der Waals surface area contributed by atoms with E-state index >= 15 is 0 Å². The second kappa shape index (κ2) is 8.91. The van der Waals surface area contributed by atoms with Crippen molar-refractivity contribution in [1.82, 2.24) is 4.37 Å². The molecule has 4 nitrogen and oxygen atoms in total. The van der Waals surface area contributed by atoms with Gasteiger partial charge >= 0.3 is 0 Å². The third-order valence-electron chi connectivity index (χ3n) is 4.55. The Kier molecular flexibility index (Phi) is 6.35. The molecular weight excluding hydrogens is 358 g/mol. The van der Waals surface area contributed by atoms with Gasteiger partial charge in [-0.15, -0.1) is 0 Å². The second-order valence-electron chi connectivity index (χ2n) is 6.28. The van der Waals surface area contributed by atoms with Crippen molar-refractivity contribution in [1.29, 1.82) is 0 Å². The zero-order valence-electron chi connectivity index (χ0n) is 16.2. The molecule has 1 heterocycles. The summed E-state index contributed by atoms with van der Waals surface area (Å²) in [7, 11) is 4.90. The van der Waals surface area contributed by atoms with Crippen LogP contribution in [0.2, 0.25) is 0 Å². The number of nitrogens with zero attached hydrogens (tertiary/aromatic N) is 1. The smallest absolute Gasteiger partial charge is 0.164 e. The van der Waals surface area contributed by atoms with E-state index in [1.54, 1.807) is 21.3 Å². The lowest BCUT2D eigenvalue weighted by molar-refractivity contribution is 0.349. The van der Waals surface area contributed by atoms with Gasteiger partial charge in [-0.1, -0.05) is 37.6 Å². The first kappa shape index (κ1) is 19.2. The zero-order valence-corrected chi connectivity index (χ0v) is 17.1. The molecule has 0 saturated heterocycles. The molecule has 0 aliphatic rings. The molecule has 0 N–H and O–H groups in total. The van der Waals surface area contributed by atoms with E-state index in [0.29, 0.717) is 11.5 Å². The van der Waals surface area contributed by atoms with Gasteiger partial charge in [0.1, 0.15) is 5.75 Å². The van der Waals surface area contributed by atoms with E-state index in [1.165, 1.54) is 29.9 Å². The van der Waals surface area contributed by atoms with Gasteiger partial charge in [0.25, 0.3) is 0 Å². The normalized spacial score (nSPS) is 10.7. The number of rotatable bonds is 8. The molecule has 0 atom stereocenters. The number of unbranched alkanes of at least 4 members (excludes halogenated alkanes) is 1. The van der Waals surface area contributed by atoms with Crippen molar-refractivity contribution in [2.24, 2.45) is 0 Å². The third kappa shape index (κ3) is 4.25. The van der Waals surface area contributed by atoms with E-state index in [2.05, 4.69) is 41.6 Å². The van der Waals surface area contributed by atoms with Gasteiger partial charge in [0, 0.05) is 17.2 Å². The van der Waals surface area contributed by atoms with Crippen LogP contribution in [0.15, 0.2) is 42.5 Å². The van der Waals surface area contributed by atoms with Gasteiger partial charge in [-0.25, -0.2) is 0 Å². The van der Waals surface area contributed by atoms with E-state index in [9.17, 15) is 0 Å². The minimum absolute atomic E-state index is 0.644. The van der Waals surface area contributed by atoms with Crippen LogP contribution in [0.1, 0.15) is 25.3 Å². The highest BCUT2D eigenvalue weighted by molar-refractivity contribution is 7.09. The number of methoxy groups -OCH3 is 3. The Bertz CT molecular complexity index is 887. The number of benzene rings is 2. The van der Waals surface area contributed by atoms with Crippen molar-refractivity contribution in [3.8, 4) is 38.9 Å². The maximum Gasteiger partial charge on any atom is 0.164 e. The third-order valence-corrected chi connectivity index (χ3v) is 5.37. The Hall–Kier alpha value is -2.53. The lowest BCUT2D eigenvalue weighted by atomic mass is 10.0. The van der Waals surface area contributed by atoms with Crippen LogP contribution >= 0.6 is 11.5 Å². The molecular formula is C22H25NO3S. The molecule has 0 fully saturated rings. The summed E-state index contributed by atoms with van der Waals surface area (Å²) < 4.78 is 21.0. The highest BCUT2D eigenvalue weighted by Gasteiger charge is 2.16. The molecule has 3 aromatic rings. The van der Waals surface area contributed by atoms with Crippen LogP contribution in [-0.2, 0) is 6.42 Å². The van der Waals surface area contributed by atoms with Crippen LogP contribution in [0.4, 0.5) is 0 Å². The Labute approximate surface area is 164 Å². The predicted octanol–water partition coefficient (Wildman–Crippen LogP) is 5.85. The number of hydrogen-bond acceptors (Lipinski definition) is 5. The fourth-order valence-electron chi connectivity index (χ4n) is 2.98. The summed E-state index contributed by atoms with van der Waals surface area (Å²) in [6, 6.07) is 14.6. The number of hydrogen-bond donors (Lipinski definition) is 0. The summed E-state index contributed by atoms with van der Waals surface area (Å²) in [5.74, 6) is 2.05. The van der Waals surface area contributed by atoms with Gasteiger partial charge in [0.15, 0.2) is 11.5 Å². The average Bonchev–Trinajstić information content (AvgIpc) is 3.21. The van der Waals surface area contributed by atoms with Crippen molar-refractivity contribution in [2.75, 3.05) is 21.3 Å². The molecule has 1 aromatic heterocycles. The van der Waals surface area contributed by atoms with Crippen molar-refractivity contribution >= 4 is 11.5 Å². The lowest BCUT2D eigenvalue weighted by Gasteiger charge is -2.12. The first-order valence-electron chi connectivity index (χ1n) is 9.06. The van der Waals surface area contributed by atoms with Gasteiger partial charge in [-0.05, 0) is 42.1 Å². The van der Waals surface area contributed by atoms with Gasteiger partial charge < -0.3 is 14.2 Å². The summed E-state index contributed by atoms with van der Waals surface area (Å²) in [5.41, 5.74) is 4.40. The summed E-state index contributed by atoms with van der Waals surface area (Å²) in [4.78, 5) is 1.03. The predicted molar refractivity (Wildman–Crippen MR) is 111 cm³/mol. The van der Waals surface area contributed by atoms with Crippen LogP contribution in [0.3, 0.4) is 0 Å². The van der Waals surface area contributed by atoms with E-state index in [4.69, 9.17) is 14.2 Å². The monoisotopic (exact) mass is 383 g/mol. The van der Waals surface area contributed by atoms with Crippen molar-refractivity contribution in [2.45, 2.75) is 26.2 Å². The second-order valence-corrected chi connectivity index (χ2v) is 7.09. The summed E-state index contributed by atoms with van der Waals surface area (Å²) in [5, 5.41) is 0. The molecule has 0 aliphatic heterocycles. The van der Waals surface area contributed by atoms with Crippen molar-refractivity contribution in [3.63, 3.8) is 0 Å². The van der Waals surface area contributed by atoms with Crippen molar-refractivity contribution < 1.29 is 14.2 Å². The maximum atomic E-state index is 5.55. The fraction of sp³-hybridized carbons (Fsp3) is 0.318. The molecule has 142 valence electrons. The van der Waals surface area contributed by atoms with Gasteiger partial charge in [0.05, 0.1) is 31.9 Å². The molecule has 0 radical (unpaired) electrons. The van der Waals surface area contributed by atoms with E-state index in [-0.39, 0.29) is 0 Å². The highest BCUT2D eigenvalue weighted by atomic mass is 32.1. The van der Waals surface area contributed by atoms with Crippen LogP contribution in [0.25, 0.3) is 21.7 Å². The Balaban J connectivity index is 1.91. The van der Waals surface area contributed by atoms with Crippen molar-refractivity contribution in [3.05, 3.63) is 48.0 Å². The number of ether oxygens (including phenoxy) is 3. The van der Waals surface area contributed by atoms with E-state index < -0.39 is 0 Å². The van der Waals surface area contributed by atoms with Gasteiger partial charge in [-0.3, -0.25) is 0 Å².